The zero-order chi connectivity index (χ0) is 33.6. The predicted octanol–water partition coefficient (Wildman–Crippen LogP) is 5.35. The first kappa shape index (κ1) is 34.3. The largest absolute Gasteiger partial charge is 0.444 e. The molecule has 1 aliphatic rings. The highest BCUT2D eigenvalue weighted by Crippen LogP contribution is 2.36. The molecule has 0 aromatic heterocycles. The molecule has 0 bridgehead atoms. The molecule has 4 N–H and O–H groups in total. The molecule has 1 heterocycles. The van der Waals surface area contributed by atoms with Crippen molar-refractivity contribution in [2.75, 3.05) is 17.7 Å². The van der Waals surface area contributed by atoms with Crippen LogP contribution in [-0.4, -0.2) is 53.9 Å². The van der Waals surface area contributed by atoms with Crippen molar-refractivity contribution in [3.8, 4) is 11.1 Å². The van der Waals surface area contributed by atoms with Gasteiger partial charge in [0.2, 0.25) is 5.91 Å². The summed E-state index contributed by atoms with van der Waals surface area (Å²) < 4.78 is 19.6. The lowest BCUT2D eigenvalue weighted by Gasteiger charge is -2.30. The van der Waals surface area contributed by atoms with Crippen molar-refractivity contribution < 1.29 is 28.3 Å². The van der Waals surface area contributed by atoms with E-state index < -0.39 is 35.0 Å². The number of anilines is 1. The zero-order valence-electron chi connectivity index (χ0n) is 26.8. The number of thioether (sulfide) groups is 1. The Hall–Kier alpha value is -4.58. The average molecular weight is 650 g/mol. The van der Waals surface area contributed by atoms with Crippen molar-refractivity contribution in [3.63, 3.8) is 0 Å². The fraction of sp³-hybridized carbons (Fsp3) is 0.353. The molecule has 244 valence electrons. The number of fused-ring (bicyclic) bond motifs is 1. The molecular weight excluding hydrogens is 609 g/mol. The highest BCUT2D eigenvalue weighted by Gasteiger charge is 2.37. The molecular formula is C34H40FN5O5S. The molecule has 5 amide bonds. The first-order valence-corrected chi connectivity index (χ1v) is 15.8. The van der Waals surface area contributed by atoms with Gasteiger partial charge in [0, 0.05) is 24.2 Å². The Bertz CT molecular complexity index is 1610. The number of alkyl carbamates (subject to hydrolysis) is 1. The van der Waals surface area contributed by atoms with Crippen molar-refractivity contribution >= 4 is 41.4 Å². The van der Waals surface area contributed by atoms with Crippen LogP contribution in [0.15, 0.2) is 71.6 Å². The molecule has 1 aliphatic heterocycles. The lowest BCUT2D eigenvalue weighted by Crippen LogP contribution is -2.60. The number of benzene rings is 3. The Morgan fingerprint density at radius 1 is 1.00 bits per heavy atom. The SMILES string of the molecule is CNC(=O)NCc1ccccc1-c1ccc(CN2C(=O)[C@H](NC(=O)C(C)(C)NC(=O)OC(C)(C)C)CSc3cc(F)ccc32)cc1. The minimum absolute atomic E-state index is 0.167. The summed E-state index contributed by atoms with van der Waals surface area (Å²) in [5, 5.41) is 10.7. The Kier molecular flexibility index (Phi) is 10.6. The van der Waals surface area contributed by atoms with Crippen LogP contribution in [0.3, 0.4) is 0 Å². The first-order chi connectivity index (χ1) is 21.7. The second-order valence-electron chi connectivity index (χ2n) is 12.4. The van der Waals surface area contributed by atoms with Crippen LogP contribution >= 0.6 is 11.8 Å². The fourth-order valence-corrected chi connectivity index (χ4v) is 5.88. The third-order valence-electron chi connectivity index (χ3n) is 7.16. The van der Waals surface area contributed by atoms with Crippen molar-refractivity contribution in [1.29, 1.82) is 0 Å². The maximum atomic E-state index is 14.3. The highest BCUT2D eigenvalue weighted by molar-refractivity contribution is 7.99. The summed E-state index contributed by atoms with van der Waals surface area (Å²) in [5.41, 5.74) is 2.05. The molecule has 0 saturated carbocycles. The van der Waals surface area contributed by atoms with Crippen LogP contribution in [0.25, 0.3) is 11.1 Å². The summed E-state index contributed by atoms with van der Waals surface area (Å²) in [6.45, 7) is 8.72. The van der Waals surface area contributed by atoms with Crippen molar-refractivity contribution in [1.82, 2.24) is 21.3 Å². The normalized spacial score (nSPS) is 14.9. The smallest absolute Gasteiger partial charge is 0.408 e. The topological polar surface area (TPSA) is 129 Å². The van der Waals surface area contributed by atoms with Gasteiger partial charge in [0.05, 0.1) is 12.2 Å². The molecule has 46 heavy (non-hydrogen) atoms. The number of halogens is 1. The number of hydrogen-bond donors (Lipinski definition) is 4. The van der Waals surface area contributed by atoms with Crippen molar-refractivity contribution in [2.45, 2.75) is 69.8 Å². The Morgan fingerprint density at radius 3 is 2.37 bits per heavy atom. The summed E-state index contributed by atoms with van der Waals surface area (Å²) in [6.07, 6.45) is -0.757. The van der Waals surface area contributed by atoms with Crippen LogP contribution in [0.2, 0.25) is 0 Å². The van der Waals surface area contributed by atoms with Gasteiger partial charge in [-0.15, -0.1) is 11.8 Å². The molecule has 4 rings (SSSR count). The van der Waals surface area contributed by atoms with E-state index in [9.17, 15) is 23.6 Å². The van der Waals surface area contributed by atoms with Gasteiger partial charge >= 0.3 is 12.1 Å². The van der Waals surface area contributed by atoms with Crippen molar-refractivity contribution in [3.05, 3.63) is 83.7 Å². The summed E-state index contributed by atoms with van der Waals surface area (Å²) in [4.78, 5) is 53.6. The van der Waals surface area contributed by atoms with Gasteiger partial charge in [-0.05, 0) is 75.1 Å². The Morgan fingerprint density at radius 2 is 1.70 bits per heavy atom. The summed E-state index contributed by atoms with van der Waals surface area (Å²) in [7, 11) is 1.56. The van der Waals surface area contributed by atoms with Crippen LogP contribution < -0.4 is 26.2 Å². The van der Waals surface area contributed by atoms with E-state index in [2.05, 4.69) is 21.3 Å². The standard InChI is InChI=1S/C34H40FN5O5S/c1-33(2,3)45-32(44)39-34(4,5)30(42)38-26-20-46-28-17-24(35)15-16-27(28)40(29(26)41)19-21-11-13-22(14-12-21)25-10-8-7-9-23(25)18-37-31(43)36-6/h7-17,26H,18-20H2,1-6H3,(H,38,42)(H,39,44)(H2,36,37,43)/t26-/m1/s1. The fourth-order valence-electron chi connectivity index (χ4n) is 4.79. The maximum Gasteiger partial charge on any atom is 0.408 e. The molecule has 0 fully saturated rings. The second kappa shape index (κ2) is 14.2. The Balaban J connectivity index is 1.55. The van der Waals surface area contributed by atoms with E-state index >= 15 is 0 Å². The molecule has 3 aromatic rings. The van der Waals surface area contributed by atoms with E-state index in [4.69, 9.17) is 4.74 Å². The zero-order valence-corrected chi connectivity index (χ0v) is 27.6. The van der Waals surface area contributed by atoms with E-state index in [0.29, 0.717) is 17.1 Å². The molecule has 12 heteroatoms. The highest BCUT2D eigenvalue weighted by atomic mass is 32.2. The number of nitrogens with one attached hydrogen (secondary N) is 4. The summed E-state index contributed by atoms with van der Waals surface area (Å²) in [5.74, 6) is -1.20. The minimum atomic E-state index is -1.38. The summed E-state index contributed by atoms with van der Waals surface area (Å²) >= 11 is 1.27. The molecule has 1 atom stereocenters. The van der Waals surface area contributed by atoms with Crippen LogP contribution in [0.5, 0.6) is 0 Å². The van der Waals surface area contributed by atoms with Gasteiger partial charge in [-0.25, -0.2) is 14.0 Å². The number of carbonyl (C=O) groups excluding carboxylic acids is 4. The number of urea groups is 1. The Labute approximate surface area is 272 Å². The van der Waals surface area contributed by atoms with Gasteiger partial charge in [-0.1, -0.05) is 48.5 Å². The molecule has 3 aromatic carbocycles. The number of ether oxygens (including phenoxy) is 1. The van der Waals surface area contributed by atoms with E-state index in [1.54, 1.807) is 38.8 Å². The van der Waals surface area contributed by atoms with Crippen molar-refractivity contribution in [2.24, 2.45) is 0 Å². The third kappa shape index (κ3) is 8.78. The maximum absolute atomic E-state index is 14.3. The number of carbonyl (C=O) groups is 4. The van der Waals surface area contributed by atoms with E-state index in [1.165, 1.54) is 37.7 Å². The van der Waals surface area contributed by atoms with E-state index in [-0.39, 0.29) is 24.2 Å². The second-order valence-corrected chi connectivity index (χ2v) is 13.5. The van der Waals surface area contributed by atoms with Crippen LogP contribution in [0.4, 0.5) is 19.7 Å². The van der Waals surface area contributed by atoms with Crippen LogP contribution in [0, 0.1) is 5.82 Å². The molecule has 0 saturated heterocycles. The lowest BCUT2D eigenvalue weighted by atomic mass is 9.98. The summed E-state index contributed by atoms with van der Waals surface area (Å²) in [6, 6.07) is 18.5. The minimum Gasteiger partial charge on any atom is -0.444 e. The van der Waals surface area contributed by atoms with Gasteiger partial charge < -0.3 is 30.9 Å². The van der Waals surface area contributed by atoms with E-state index in [0.717, 1.165) is 22.3 Å². The number of hydrogen-bond acceptors (Lipinski definition) is 6. The molecule has 0 spiro atoms. The quantitative estimate of drug-likeness (QED) is 0.261. The van der Waals surface area contributed by atoms with Crippen LogP contribution in [0.1, 0.15) is 45.7 Å². The van der Waals surface area contributed by atoms with Gasteiger partial charge in [-0.3, -0.25) is 9.59 Å². The molecule has 10 nitrogen and oxygen atoms in total. The van der Waals surface area contributed by atoms with E-state index in [1.807, 2.05) is 48.5 Å². The van der Waals surface area contributed by atoms with Gasteiger partial charge in [0.25, 0.3) is 5.91 Å². The number of amides is 5. The molecule has 0 aliphatic carbocycles. The first-order valence-electron chi connectivity index (χ1n) is 14.9. The predicted molar refractivity (Wildman–Crippen MR) is 177 cm³/mol. The lowest BCUT2D eigenvalue weighted by molar-refractivity contribution is -0.130. The van der Waals surface area contributed by atoms with Crippen LogP contribution in [-0.2, 0) is 27.4 Å². The molecule has 0 unspecified atom stereocenters. The monoisotopic (exact) mass is 649 g/mol. The number of nitrogens with zero attached hydrogens (tertiary/aromatic N) is 1. The van der Waals surface area contributed by atoms with Gasteiger partial charge in [0.15, 0.2) is 0 Å². The number of rotatable bonds is 8. The van der Waals surface area contributed by atoms with Gasteiger partial charge in [0.1, 0.15) is 23.0 Å². The van der Waals surface area contributed by atoms with Gasteiger partial charge in [-0.2, -0.15) is 0 Å². The third-order valence-corrected chi connectivity index (χ3v) is 8.30. The molecule has 0 radical (unpaired) electrons. The average Bonchev–Trinajstić information content (AvgIpc) is 3.11.